The van der Waals surface area contributed by atoms with Gasteiger partial charge in [-0.1, -0.05) is 6.92 Å². The molecular weight excluding hydrogens is 238 g/mol. The molecule has 0 aliphatic carbocycles. The minimum atomic E-state index is 0.0161. The van der Waals surface area contributed by atoms with Gasteiger partial charge in [-0.2, -0.15) is 0 Å². The van der Waals surface area contributed by atoms with Crippen molar-refractivity contribution in [1.29, 1.82) is 0 Å². The van der Waals surface area contributed by atoms with Crippen LogP contribution in [0, 0.1) is 0 Å². The van der Waals surface area contributed by atoms with Crippen molar-refractivity contribution in [1.82, 2.24) is 9.55 Å². The molecule has 0 aromatic carbocycles. The Bertz CT molecular complexity index is 424. The fraction of sp³-hybridized carbons (Fsp3) is 0.667. The summed E-state index contributed by atoms with van der Waals surface area (Å²) in [6.45, 7) is 4.46. The average Bonchev–Trinajstić information content (AvgIpc) is 2.34. The van der Waals surface area contributed by atoms with Gasteiger partial charge in [0.05, 0.1) is 0 Å². The third-order valence-electron chi connectivity index (χ3n) is 3.08. The third kappa shape index (κ3) is 2.80. The Labute approximate surface area is 106 Å². The summed E-state index contributed by atoms with van der Waals surface area (Å²) in [7, 11) is 0. The smallest absolute Gasteiger partial charge is 0.293 e. The largest absolute Gasteiger partial charge is 0.352 e. The minimum Gasteiger partial charge on any atom is -0.352 e. The summed E-state index contributed by atoms with van der Waals surface area (Å²) in [6, 6.07) is 0. The van der Waals surface area contributed by atoms with Gasteiger partial charge in [0.25, 0.3) is 5.56 Å². The first-order chi connectivity index (χ1) is 8.22. The topological polar surface area (TPSA) is 38.1 Å². The van der Waals surface area contributed by atoms with Crippen LogP contribution in [-0.4, -0.2) is 28.0 Å². The van der Waals surface area contributed by atoms with E-state index >= 15 is 0 Å². The monoisotopic (exact) mass is 255 g/mol. The van der Waals surface area contributed by atoms with Gasteiger partial charge in [0.2, 0.25) is 0 Å². The van der Waals surface area contributed by atoms with Crippen molar-refractivity contribution in [3.8, 4) is 0 Å². The average molecular weight is 256 g/mol. The zero-order valence-corrected chi connectivity index (χ0v) is 10.9. The van der Waals surface area contributed by atoms with Crippen LogP contribution in [0.2, 0.25) is 0 Å². The lowest BCUT2D eigenvalue weighted by Gasteiger charge is -2.29. The van der Waals surface area contributed by atoms with Crippen molar-refractivity contribution in [2.45, 2.75) is 38.1 Å². The van der Waals surface area contributed by atoms with Crippen LogP contribution in [0.15, 0.2) is 17.2 Å². The van der Waals surface area contributed by atoms with E-state index < -0.39 is 0 Å². The van der Waals surface area contributed by atoms with Gasteiger partial charge < -0.3 is 9.47 Å². The summed E-state index contributed by atoms with van der Waals surface area (Å²) in [6.07, 6.45) is 6.26. The highest BCUT2D eigenvalue weighted by molar-refractivity contribution is 6.20. The van der Waals surface area contributed by atoms with Gasteiger partial charge in [-0.25, -0.2) is 4.98 Å². The van der Waals surface area contributed by atoms with Gasteiger partial charge in [0, 0.05) is 37.4 Å². The highest BCUT2D eigenvalue weighted by Gasteiger charge is 2.20. The fourth-order valence-corrected chi connectivity index (χ4v) is 2.32. The Morgan fingerprint density at radius 2 is 2.18 bits per heavy atom. The number of rotatable bonds is 3. The lowest BCUT2D eigenvalue weighted by Crippen LogP contribution is -2.39. The number of aryl methyl sites for hydroxylation is 1. The molecule has 94 valence electrons. The van der Waals surface area contributed by atoms with Crippen molar-refractivity contribution in [2.24, 2.45) is 0 Å². The molecule has 0 amide bonds. The molecule has 1 saturated heterocycles. The zero-order valence-electron chi connectivity index (χ0n) is 10.1. The molecule has 0 radical (unpaired) electrons. The molecule has 1 aromatic heterocycles. The van der Waals surface area contributed by atoms with Gasteiger partial charge in [-0.05, 0) is 19.3 Å². The second kappa shape index (κ2) is 5.54. The summed E-state index contributed by atoms with van der Waals surface area (Å²) >= 11 is 6.06. The number of hydrogen-bond acceptors (Lipinski definition) is 3. The zero-order chi connectivity index (χ0) is 12.3. The van der Waals surface area contributed by atoms with E-state index in [1.807, 2.05) is 4.90 Å². The normalized spacial score (nSPS) is 17.4. The van der Waals surface area contributed by atoms with E-state index in [-0.39, 0.29) is 10.9 Å². The molecule has 0 spiro atoms. The van der Waals surface area contributed by atoms with E-state index in [0.29, 0.717) is 5.82 Å². The van der Waals surface area contributed by atoms with E-state index in [0.717, 1.165) is 38.9 Å². The SMILES string of the molecule is CCCn1ccnc(N2CCC(Cl)CC2)c1=O. The number of nitrogens with zero attached hydrogens (tertiary/aromatic N) is 3. The Morgan fingerprint density at radius 3 is 2.82 bits per heavy atom. The van der Waals surface area contributed by atoms with E-state index in [1.165, 1.54) is 0 Å². The summed E-state index contributed by atoms with van der Waals surface area (Å²) < 4.78 is 1.73. The van der Waals surface area contributed by atoms with E-state index in [2.05, 4.69) is 11.9 Å². The Morgan fingerprint density at radius 1 is 1.47 bits per heavy atom. The number of alkyl halides is 1. The van der Waals surface area contributed by atoms with Crippen LogP contribution >= 0.6 is 11.6 Å². The van der Waals surface area contributed by atoms with Gasteiger partial charge in [-0.15, -0.1) is 11.6 Å². The van der Waals surface area contributed by atoms with Crippen molar-refractivity contribution < 1.29 is 0 Å². The van der Waals surface area contributed by atoms with E-state index in [9.17, 15) is 4.79 Å². The van der Waals surface area contributed by atoms with Gasteiger partial charge in [0.15, 0.2) is 5.82 Å². The summed E-state index contributed by atoms with van der Waals surface area (Å²) in [4.78, 5) is 18.4. The summed E-state index contributed by atoms with van der Waals surface area (Å²) in [5.74, 6) is 0.574. The van der Waals surface area contributed by atoms with E-state index in [1.54, 1.807) is 17.0 Å². The maximum Gasteiger partial charge on any atom is 0.293 e. The first-order valence-electron chi connectivity index (χ1n) is 6.17. The molecule has 0 saturated carbocycles. The molecule has 5 heteroatoms. The Balaban J connectivity index is 2.21. The van der Waals surface area contributed by atoms with Gasteiger partial charge in [0.1, 0.15) is 0 Å². The molecule has 1 fully saturated rings. The number of hydrogen-bond donors (Lipinski definition) is 0. The Kier molecular flexibility index (Phi) is 4.05. The lowest BCUT2D eigenvalue weighted by atomic mass is 10.1. The quantitative estimate of drug-likeness (QED) is 0.774. The second-order valence-electron chi connectivity index (χ2n) is 4.41. The first-order valence-corrected chi connectivity index (χ1v) is 6.60. The van der Waals surface area contributed by atoms with E-state index in [4.69, 9.17) is 11.6 Å². The van der Waals surface area contributed by atoms with Gasteiger partial charge >= 0.3 is 0 Å². The maximum absolute atomic E-state index is 12.2. The van der Waals surface area contributed by atoms with Crippen molar-refractivity contribution >= 4 is 17.4 Å². The van der Waals surface area contributed by atoms with Crippen LogP contribution < -0.4 is 10.5 Å². The molecule has 2 heterocycles. The predicted molar refractivity (Wildman–Crippen MR) is 69.9 cm³/mol. The second-order valence-corrected chi connectivity index (χ2v) is 5.03. The maximum atomic E-state index is 12.2. The highest BCUT2D eigenvalue weighted by Crippen LogP contribution is 2.18. The van der Waals surface area contributed by atoms with Crippen LogP contribution in [0.1, 0.15) is 26.2 Å². The molecule has 0 bridgehead atoms. The lowest BCUT2D eigenvalue weighted by molar-refractivity contribution is 0.570. The molecular formula is C12H18ClN3O. The van der Waals surface area contributed by atoms with Crippen LogP contribution in [0.5, 0.6) is 0 Å². The van der Waals surface area contributed by atoms with Crippen molar-refractivity contribution in [3.05, 3.63) is 22.7 Å². The van der Waals surface area contributed by atoms with Crippen LogP contribution in [0.3, 0.4) is 0 Å². The first kappa shape index (κ1) is 12.4. The molecule has 2 rings (SSSR count). The van der Waals surface area contributed by atoms with Crippen LogP contribution in [0.4, 0.5) is 5.82 Å². The van der Waals surface area contributed by atoms with Crippen LogP contribution in [-0.2, 0) is 6.54 Å². The van der Waals surface area contributed by atoms with Crippen molar-refractivity contribution in [3.63, 3.8) is 0 Å². The summed E-state index contributed by atoms with van der Waals surface area (Å²) in [5.41, 5.74) is 0.0161. The summed E-state index contributed by atoms with van der Waals surface area (Å²) in [5, 5.41) is 0.243. The highest BCUT2D eigenvalue weighted by atomic mass is 35.5. The number of piperidine rings is 1. The molecule has 17 heavy (non-hydrogen) atoms. The molecule has 1 aliphatic rings. The van der Waals surface area contributed by atoms with Gasteiger partial charge in [-0.3, -0.25) is 4.79 Å². The number of anilines is 1. The molecule has 4 nitrogen and oxygen atoms in total. The predicted octanol–water partition coefficient (Wildman–Crippen LogP) is 1.86. The number of halogens is 1. The molecule has 0 N–H and O–H groups in total. The molecule has 1 aromatic rings. The minimum absolute atomic E-state index is 0.0161. The molecule has 0 atom stereocenters. The standard InChI is InChI=1S/C12H18ClN3O/c1-2-6-16-9-5-14-11(12(16)17)15-7-3-10(13)4-8-15/h5,9-10H,2-4,6-8H2,1H3. The molecule has 1 aliphatic heterocycles. The Hall–Kier alpha value is -1.03. The number of aromatic nitrogens is 2. The molecule has 0 unspecified atom stereocenters. The third-order valence-corrected chi connectivity index (χ3v) is 3.52. The van der Waals surface area contributed by atoms with Crippen molar-refractivity contribution in [2.75, 3.05) is 18.0 Å². The fourth-order valence-electron chi connectivity index (χ4n) is 2.13. The van der Waals surface area contributed by atoms with Crippen LogP contribution in [0.25, 0.3) is 0 Å².